The smallest absolute Gasteiger partial charge is 0.0609 e. The molecular weight excluding hydrogens is 260 g/mol. The minimum absolute atomic E-state index is 0.0254. The molecule has 2 N–H and O–H groups in total. The molecule has 0 fully saturated rings. The van der Waals surface area contributed by atoms with E-state index in [4.69, 9.17) is 0 Å². The molecule has 0 aliphatic heterocycles. The van der Waals surface area contributed by atoms with Crippen LogP contribution in [-0.2, 0) is 5.41 Å². The summed E-state index contributed by atoms with van der Waals surface area (Å²) in [5.74, 6) is 0. The number of aliphatic hydroxyl groups excluding tert-OH is 1. The van der Waals surface area contributed by atoms with E-state index in [2.05, 4.69) is 75.3 Å². The van der Waals surface area contributed by atoms with Crippen LogP contribution in [0.5, 0.6) is 0 Å². The van der Waals surface area contributed by atoms with Gasteiger partial charge in [0.05, 0.1) is 6.61 Å². The average Bonchev–Trinajstić information content (AvgIpc) is 2.48. The Kier molecular flexibility index (Phi) is 6.85. The lowest BCUT2D eigenvalue weighted by Gasteiger charge is -2.41. The molecule has 0 bridgehead atoms. The van der Waals surface area contributed by atoms with Crippen molar-refractivity contribution in [2.75, 3.05) is 33.3 Å². The second-order valence-corrected chi connectivity index (χ2v) is 6.93. The lowest BCUT2D eigenvalue weighted by Crippen LogP contribution is -2.52. The summed E-state index contributed by atoms with van der Waals surface area (Å²) in [5.41, 5.74) is 1.16. The van der Waals surface area contributed by atoms with Crippen molar-refractivity contribution >= 4 is 0 Å². The van der Waals surface area contributed by atoms with Crippen molar-refractivity contribution in [3.63, 3.8) is 0 Å². The van der Waals surface area contributed by atoms with E-state index in [0.29, 0.717) is 0 Å². The Bertz CT molecular complexity index is 405. The molecule has 0 saturated heterocycles. The van der Waals surface area contributed by atoms with Gasteiger partial charge in [0, 0.05) is 24.0 Å². The highest BCUT2D eigenvalue weighted by Gasteiger charge is 2.32. The first kappa shape index (κ1) is 18.1. The lowest BCUT2D eigenvalue weighted by atomic mass is 9.81. The van der Waals surface area contributed by atoms with Crippen LogP contribution >= 0.6 is 0 Å². The van der Waals surface area contributed by atoms with Gasteiger partial charge in [-0.25, -0.2) is 0 Å². The molecule has 0 aromatic heterocycles. The Hall–Kier alpha value is -0.900. The third-order valence-corrected chi connectivity index (χ3v) is 4.42. The molecule has 0 aliphatic carbocycles. The fourth-order valence-electron chi connectivity index (χ4n) is 2.49. The van der Waals surface area contributed by atoms with E-state index in [1.165, 1.54) is 5.56 Å². The third kappa shape index (κ3) is 5.10. The number of nitrogens with zero attached hydrogens (tertiary/aromatic N) is 1. The van der Waals surface area contributed by atoms with E-state index < -0.39 is 0 Å². The first-order valence-electron chi connectivity index (χ1n) is 7.94. The van der Waals surface area contributed by atoms with Crippen LogP contribution in [0, 0.1) is 0 Å². The summed E-state index contributed by atoms with van der Waals surface area (Å²) in [5, 5.41) is 13.1. The van der Waals surface area contributed by atoms with E-state index in [1.807, 2.05) is 0 Å². The number of benzene rings is 1. The Labute approximate surface area is 130 Å². The molecule has 0 saturated carbocycles. The molecule has 1 aromatic carbocycles. The first-order valence-corrected chi connectivity index (χ1v) is 7.94. The number of likely N-dealkylation sites (N-methyl/N-ethyl adjacent to an activating group) is 1. The van der Waals surface area contributed by atoms with Gasteiger partial charge >= 0.3 is 0 Å². The van der Waals surface area contributed by atoms with Crippen LogP contribution < -0.4 is 5.32 Å². The Morgan fingerprint density at radius 1 is 1.14 bits per heavy atom. The minimum atomic E-state index is -0.208. The number of rotatable bonds is 9. The summed E-state index contributed by atoms with van der Waals surface area (Å²) >= 11 is 0. The van der Waals surface area contributed by atoms with Crippen LogP contribution in [0.15, 0.2) is 30.3 Å². The van der Waals surface area contributed by atoms with Crippen molar-refractivity contribution in [2.45, 2.75) is 45.1 Å². The van der Waals surface area contributed by atoms with Crippen molar-refractivity contribution in [1.82, 2.24) is 10.2 Å². The van der Waals surface area contributed by atoms with E-state index in [0.717, 1.165) is 26.1 Å². The topological polar surface area (TPSA) is 35.5 Å². The zero-order valence-electron chi connectivity index (χ0n) is 14.3. The van der Waals surface area contributed by atoms with Crippen molar-refractivity contribution in [3.05, 3.63) is 35.9 Å². The normalized spacial score (nSPS) is 15.2. The molecule has 0 aliphatic rings. The minimum Gasteiger partial charge on any atom is -0.394 e. The van der Waals surface area contributed by atoms with Gasteiger partial charge in [0.15, 0.2) is 0 Å². The molecule has 1 aromatic rings. The average molecular weight is 292 g/mol. The van der Waals surface area contributed by atoms with Crippen LogP contribution in [0.1, 0.15) is 39.7 Å². The second kappa shape index (κ2) is 7.92. The van der Waals surface area contributed by atoms with E-state index in [-0.39, 0.29) is 17.6 Å². The standard InChI is InChI=1S/C18H32N2O/c1-6-12-19-13-18(4,16-10-8-7-9-11-16)14-20(5)17(2,3)15-21/h7-11,19,21H,6,12-15H2,1-5H3. The molecule has 0 spiro atoms. The number of hydrogen-bond donors (Lipinski definition) is 2. The van der Waals surface area contributed by atoms with Gasteiger partial charge in [-0.15, -0.1) is 0 Å². The first-order chi connectivity index (χ1) is 9.85. The van der Waals surface area contributed by atoms with Crippen LogP contribution in [0.2, 0.25) is 0 Å². The van der Waals surface area contributed by atoms with E-state index in [9.17, 15) is 5.11 Å². The Morgan fingerprint density at radius 2 is 1.76 bits per heavy atom. The van der Waals surface area contributed by atoms with Crippen LogP contribution in [0.25, 0.3) is 0 Å². The van der Waals surface area contributed by atoms with Crippen LogP contribution in [-0.4, -0.2) is 48.8 Å². The highest BCUT2D eigenvalue weighted by atomic mass is 16.3. The molecular formula is C18H32N2O. The van der Waals surface area contributed by atoms with Crippen molar-refractivity contribution in [2.24, 2.45) is 0 Å². The number of hydrogen-bond acceptors (Lipinski definition) is 3. The zero-order valence-corrected chi connectivity index (χ0v) is 14.3. The van der Waals surface area contributed by atoms with Gasteiger partial charge in [0.1, 0.15) is 0 Å². The van der Waals surface area contributed by atoms with E-state index in [1.54, 1.807) is 0 Å². The highest BCUT2D eigenvalue weighted by molar-refractivity contribution is 5.26. The summed E-state index contributed by atoms with van der Waals surface area (Å²) in [6.45, 7) is 11.7. The van der Waals surface area contributed by atoms with E-state index >= 15 is 0 Å². The SMILES string of the molecule is CCCNCC(C)(CN(C)C(C)(C)CO)c1ccccc1. The van der Waals surface area contributed by atoms with Crippen LogP contribution in [0.4, 0.5) is 0 Å². The quantitative estimate of drug-likeness (QED) is 0.687. The molecule has 3 nitrogen and oxygen atoms in total. The maximum atomic E-state index is 9.59. The van der Waals surface area contributed by atoms with Crippen molar-refractivity contribution < 1.29 is 5.11 Å². The Balaban J connectivity index is 2.92. The summed E-state index contributed by atoms with van der Waals surface area (Å²) in [6, 6.07) is 10.7. The van der Waals surface area contributed by atoms with Crippen molar-refractivity contribution in [1.29, 1.82) is 0 Å². The molecule has 0 amide bonds. The molecule has 0 heterocycles. The molecule has 1 rings (SSSR count). The van der Waals surface area contributed by atoms with Gasteiger partial charge in [-0.3, -0.25) is 4.90 Å². The fraction of sp³-hybridized carbons (Fsp3) is 0.667. The number of nitrogens with one attached hydrogen (secondary N) is 1. The summed E-state index contributed by atoms with van der Waals surface area (Å²) in [6.07, 6.45) is 1.14. The van der Waals surface area contributed by atoms with Gasteiger partial charge < -0.3 is 10.4 Å². The highest BCUT2D eigenvalue weighted by Crippen LogP contribution is 2.26. The zero-order chi connectivity index (χ0) is 15.9. The summed E-state index contributed by atoms with van der Waals surface area (Å²) < 4.78 is 0. The molecule has 3 heteroatoms. The number of aliphatic hydroxyl groups is 1. The van der Waals surface area contributed by atoms with Gasteiger partial charge in [0.25, 0.3) is 0 Å². The van der Waals surface area contributed by atoms with Crippen molar-refractivity contribution in [3.8, 4) is 0 Å². The third-order valence-electron chi connectivity index (χ3n) is 4.42. The Morgan fingerprint density at radius 3 is 2.29 bits per heavy atom. The molecule has 21 heavy (non-hydrogen) atoms. The van der Waals surface area contributed by atoms with Crippen LogP contribution in [0.3, 0.4) is 0 Å². The monoisotopic (exact) mass is 292 g/mol. The fourth-order valence-corrected chi connectivity index (χ4v) is 2.49. The molecule has 1 unspecified atom stereocenters. The molecule has 0 radical (unpaired) electrons. The molecule has 1 atom stereocenters. The van der Waals surface area contributed by atoms with Gasteiger partial charge in [-0.1, -0.05) is 44.2 Å². The molecule has 120 valence electrons. The van der Waals surface area contributed by atoms with Gasteiger partial charge in [-0.05, 0) is 39.4 Å². The van der Waals surface area contributed by atoms with Gasteiger partial charge in [-0.2, -0.15) is 0 Å². The lowest BCUT2D eigenvalue weighted by molar-refractivity contribution is 0.0616. The maximum absolute atomic E-state index is 9.59. The summed E-state index contributed by atoms with van der Waals surface area (Å²) in [4.78, 5) is 2.26. The van der Waals surface area contributed by atoms with Gasteiger partial charge in [0.2, 0.25) is 0 Å². The summed E-state index contributed by atoms with van der Waals surface area (Å²) in [7, 11) is 2.09. The predicted octanol–water partition coefficient (Wildman–Crippen LogP) is 2.65. The second-order valence-electron chi connectivity index (χ2n) is 6.93. The largest absolute Gasteiger partial charge is 0.394 e. The predicted molar refractivity (Wildman–Crippen MR) is 90.7 cm³/mol. The maximum Gasteiger partial charge on any atom is 0.0609 e.